The quantitative estimate of drug-likeness (QED) is 0.197. The first-order valence-corrected chi connectivity index (χ1v) is 12.9. The van der Waals surface area contributed by atoms with E-state index in [2.05, 4.69) is 43.4 Å². The second-order valence-electron chi connectivity index (χ2n) is 8.87. The lowest BCUT2D eigenvalue weighted by atomic mass is 10.1. The fourth-order valence-corrected chi connectivity index (χ4v) is 4.23. The molecule has 0 atom stereocenters. The minimum absolute atomic E-state index is 0.00367. The molecule has 2 aromatic rings. The average Bonchev–Trinajstić information content (AvgIpc) is 3.11. The van der Waals surface area contributed by atoms with Gasteiger partial charge in [0.05, 0.1) is 19.0 Å². The number of nitrogens with zero attached hydrogens (tertiary/aromatic N) is 1. The molecule has 1 heterocycles. The number of carboxylic acid groups (broad SMARTS) is 1. The maximum Gasteiger partial charge on any atom is 0.307 e. The highest BCUT2D eigenvalue weighted by Gasteiger charge is 2.20. The highest BCUT2D eigenvalue weighted by Crippen LogP contribution is 2.30. The van der Waals surface area contributed by atoms with Crippen molar-refractivity contribution in [2.24, 2.45) is 0 Å². The summed E-state index contributed by atoms with van der Waals surface area (Å²) in [5.41, 5.74) is 2.11. The van der Waals surface area contributed by atoms with E-state index in [4.69, 9.17) is 4.74 Å². The number of benzene rings is 1. The van der Waals surface area contributed by atoms with Gasteiger partial charge in [-0.1, -0.05) is 56.2 Å². The van der Waals surface area contributed by atoms with Crippen molar-refractivity contribution in [3.63, 3.8) is 0 Å². The Hall–Kier alpha value is -3.08. The molecule has 0 saturated carbocycles. The molecule has 0 bridgehead atoms. The van der Waals surface area contributed by atoms with Gasteiger partial charge in [-0.2, -0.15) is 0 Å². The Morgan fingerprint density at radius 1 is 0.943 bits per heavy atom. The Morgan fingerprint density at radius 2 is 1.57 bits per heavy atom. The minimum atomic E-state index is -0.914. The third kappa shape index (κ3) is 9.23. The molecule has 1 aromatic carbocycles. The normalized spacial score (nSPS) is 12.0. The Balaban J connectivity index is 1.79. The van der Waals surface area contributed by atoms with Gasteiger partial charge in [-0.05, 0) is 75.6 Å². The van der Waals surface area contributed by atoms with E-state index in [0.29, 0.717) is 23.4 Å². The van der Waals surface area contributed by atoms with E-state index >= 15 is 0 Å². The summed E-state index contributed by atoms with van der Waals surface area (Å²) in [6.45, 7) is 4.05. The van der Waals surface area contributed by atoms with Gasteiger partial charge in [0.1, 0.15) is 5.75 Å². The molecule has 0 aliphatic heterocycles. The van der Waals surface area contributed by atoms with Gasteiger partial charge >= 0.3 is 5.97 Å². The van der Waals surface area contributed by atoms with Crippen molar-refractivity contribution >= 4 is 22.8 Å². The van der Waals surface area contributed by atoms with Gasteiger partial charge in [0.2, 0.25) is 5.91 Å². The number of aliphatic carboxylic acids is 1. The number of rotatable bonds is 16. The number of ether oxygens (including phenoxy) is 1. The molecule has 2 rings (SSSR count). The van der Waals surface area contributed by atoms with E-state index in [1.165, 1.54) is 25.7 Å². The largest absolute Gasteiger partial charge is 0.497 e. The van der Waals surface area contributed by atoms with E-state index in [0.717, 1.165) is 43.0 Å². The van der Waals surface area contributed by atoms with Crippen molar-refractivity contribution in [2.45, 2.75) is 84.5 Å². The summed E-state index contributed by atoms with van der Waals surface area (Å²) in [4.78, 5) is 24.4. The number of aromatic nitrogens is 1. The lowest BCUT2D eigenvalue weighted by Gasteiger charge is -2.07. The molecular weight excluding hydrogens is 438 g/mol. The van der Waals surface area contributed by atoms with Crippen LogP contribution in [-0.2, 0) is 11.2 Å². The standard InChI is InChI=1S/C30H41NO4/c1-4-5-6-7-8-9-10-11-12-13-14-15-16-17-18-19-29(32)31-24(2)26(23-30(33)34)27-22-25(35-3)20-21-28(27)31/h8-9,11-12,14-15,20-22H,4-7,10,13,16-19,23H2,1-3H3,(H,33,34)/b9-8+,12-11+,15-14+. The summed E-state index contributed by atoms with van der Waals surface area (Å²) in [6.07, 6.45) is 23.3. The number of hydrogen-bond donors (Lipinski definition) is 1. The Bertz CT molecular complexity index is 1040. The summed E-state index contributed by atoms with van der Waals surface area (Å²) in [5, 5.41) is 10.1. The van der Waals surface area contributed by atoms with Crippen LogP contribution in [-0.4, -0.2) is 28.7 Å². The van der Waals surface area contributed by atoms with Crippen LogP contribution < -0.4 is 4.74 Å². The molecule has 0 amide bonds. The van der Waals surface area contributed by atoms with E-state index < -0.39 is 5.97 Å². The molecule has 0 radical (unpaired) electrons. The van der Waals surface area contributed by atoms with Gasteiger partial charge in [0.25, 0.3) is 0 Å². The van der Waals surface area contributed by atoms with Crippen molar-refractivity contribution in [1.29, 1.82) is 0 Å². The second kappa shape index (κ2) is 15.8. The fraction of sp³-hybridized carbons (Fsp3) is 0.467. The molecular formula is C30H41NO4. The van der Waals surface area contributed by atoms with Gasteiger partial charge in [-0.15, -0.1) is 0 Å². The first kappa shape index (κ1) is 28.2. The van der Waals surface area contributed by atoms with Gasteiger partial charge in [0.15, 0.2) is 0 Å². The number of hydrogen-bond acceptors (Lipinski definition) is 3. The molecule has 5 heteroatoms. The molecule has 1 aromatic heterocycles. The van der Waals surface area contributed by atoms with Crippen LogP contribution in [0.2, 0.25) is 0 Å². The third-order valence-electron chi connectivity index (χ3n) is 6.15. The van der Waals surface area contributed by atoms with Crippen molar-refractivity contribution in [3.8, 4) is 5.75 Å². The highest BCUT2D eigenvalue weighted by molar-refractivity contribution is 5.98. The van der Waals surface area contributed by atoms with Gasteiger partial charge in [-0.3, -0.25) is 14.2 Å². The zero-order valence-electron chi connectivity index (χ0n) is 21.6. The highest BCUT2D eigenvalue weighted by atomic mass is 16.5. The first-order chi connectivity index (χ1) is 17.0. The molecule has 5 nitrogen and oxygen atoms in total. The van der Waals surface area contributed by atoms with E-state index in [9.17, 15) is 14.7 Å². The summed E-state index contributed by atoms with van der Waals surface area (Å²) >= 11 is 0. The molecule has 0 aliphatic carbocycles. The maximum absolute atomic E-state index is 13.0. The lowest BCUT2D eigenvalue weighted by molar-refractivity contribution is -0.136. The van der Waals surface area contributed by atoms with Crippen LogP contribution in [0, 0.1) is 6.92 Å². The Labute approximate surface area is 210 Å². The fourth-order valence-electron chi connectivity index (χ4n) is 4.23. The number of unbranched alkanes of at least 4 members (excludes halogenated alkanes) is 5. The van der Waals surface area contributed by atoms with Crippen LogP contribution >= 0.6 is 0 Å². The lowest BCUT2D eigenvalue weighted by Crippen LogP contribution is -2.12. The van der Waals surface area contributed by atoms with Crippen LogP contribution in [0.5, 0.6) is 5.75 Å². The number of allylic oxidation sites excluding steroid dienone is 6. The van der Waals surface area contributed by atoms with Crippen LogP contribution in [0.25, 0.3) is 10.9 Å². The molecule has 0 aliphatic rings. The molecule has 35 heavy (non-hydrogen) atoms. The van der Waals surface area contributed by atoms with E-state index in [1.807, 2.05) is 19.1 Å². The van der Waals surface area contributed by atoms with Crippen molar-refractivity contribution in [3.05, 3.63) is 65.9 Å². The zero-order valence-corrected chi connectivity index (χ0v) is 21.6. The van der Waals surface area contributed by atoms with Crippen LogP contribution in [0.4, 0.5) is 0 Å². The Kier molecular flexibility index (Phi) is 12.7. The Morgan fingerprint density at radius 3 is 2.17 bits per heavy atom. The van der Waals surface area contributed by atoms with Crippen LogP contribution in [0.1, 0.15) is 87.2 Å². The summed E-state index contributed by atoms with van der Waals surface area (Å²) < 4.78 is 6.97. The molecule has 190 valence electrons. The van der Waals surface area contributed by atoms with Crippen LogP contribution in [0.3, 0.4) is 0 Å². The maximum atomic E-state index is 13.0. The van der Waals surface area contributed by atoms with Crippen LogP contribution in [0.15, 0.2) is 54.7 Å². The van der Waals surface area contributed by atoms with Gasteiger partial charge in [-0.25, -0.2) is 0 Å². The molecule has 1 N–H and O–H groups in total. The molecule has 0 unspecified atom stereocenters. The van der Waals surface area contributed by atoms with Gasteiger partial charge < -0.3 is 9.84 Å². The number of methoxy groups -OCH3 is 1. The first-order valence-electron chi connectivity index (χ1n) is 12.9. The molecule has 0 spiro atoms. The van der Waals surface area contributed by atoms with Gasteiger partial charge in [0, 0.05) is 17.5 Å². The van der Waals surface area contributed by atoms with E-state index in [-0.39, 0.29) is 12.3 Å². The van der Waals surface area contributed by atoms with Crippen molar-refractivity contribution in [1.82, 2.24) is 4.57 Å². The predicted molar refractivity (Wildman–Crippen MR) is 144 cm³/mol. The predicted octanol–water partition coefficient (Wildman–Crippen LogP) is 7.82. The third-order valence-corrected chi connectivity index (χ3v) is 6.15. The monoisotopic (exact) mass is 479 g/mol. The second-order valence-corrected chi connectivity index (χ2v) is 8.87. The molecule has 0 fully saturated rings. The zero-order chi connectivity index (χ0) is 25.5. The number of carboxylic acids is 1. The number of carbonyl (C=O) groups excluding carboxylic acids is 1. The van der Waals surface area contributed by atoms with E-state index in [1.54, 1.807) is 17.7 Å². The number of fused-ring (bicyclic) bond motifs is 1. The summed E-state index contributed by atoms with van der Waals surface area (Å²) in [7, 11) is 1.57. The average molecular weight is 480 g/mol. The topological polar surface area (TPSA) is 68.5 Å². The summed E-state index contributed by atoms with van der Waals surface area (Å²) in [5.74, 6) is -0.263. The smallest absolute Gasteiger partial charge is 0.307 e. The summed E-state index contributed by atoms with van der Waals surface area (Å²) in [6, 6.07) is 5.45. The SMILES string of the molecule is CCCCC/C=C/C/C=C/C/C=C/CCCCC(=O)n1c(C)c(CC(=O)O)c2cc(OC)ccc21. The van der Waals surface area contributed by atoms with Crippen molar-refractivity contribution < 1.29 is 19.4 Å². The number of carbonyl (C=O) groups is 2. The molecule has 0 saturated heterocycles. The minimum Gasteiger partial charge on any atom is -0.497 e. The van der Waals surface area contributed by atoms with Crippen molar-refractivity contribution in [2.75, 3.05) is 7.11 Å².